The summed E-state index contributed by atoms with van der Waals surface area (Å²) in [7, 11) is 0. The average molecular weight is 418 g/mol. The van der Waals surface area contributed by atoms with E-state index in [4.69, 9.17) is 14.7 Å². The molecule has 1 N–H and O–H groups in total. The first-order valence-corrected chi connectivity index (χ1v) is 10.8. The summed E-state index contributed by atoms with van der Waals surface area (Å²) in [5.74, 6) is 1.37. The van der Waals surface area contributed by atoms with Crippen LogP contribution in [0.15, 0.2) is 60.9 Å². The van der Waals surface area contributed by atoms with Crippen LogP contribution >= 0.6 is 11.3 Å². The molecule has 0 saturated carbocycles. The van der Waals surface area contributed by atoms with Crippen LogP contribution < -0.4 is 10.1 Å². The van der Waals surface area contributed by atoms with Crippen molar-refractivity contribution in [3.8, 4) is 39.1 Å². The highest BCUT2D eigenvalue weighted by molar-refractivity contribution is 7.18. The molecule has 0 fully saturated rings. The van der Waals surface area contributed by atoms with Gasteiger partial charge in [-0.25, -0.2) is 15.0 Å². The van der Waals surface area contributed by atoms with Crippen LogP contribution in [-0.4, -0.2) is 33.1 Å². The Labute approximate surface area is 180 Å². The summed E-state index contributed by atoms with van der Waals surface area (Å²) in [5.41, 5.74) is 3.26. The molecule has 4 rings (SSSR count). The van der Waals surface area contributed by atoms with Gasteiger partial charge in [-0.1, -0.05) is 36.5 Å². The van der Waals surface area contributed by atoms with E-state index in [0.29, 0.717) is 12.4 Å². The molecule has 4 aromatic rings. The Kier molecular flexibility index (Phi) is 6.29. The van der Waals surface area contributed by atoms with Crippen LogP contribution in [0.1, 0.15) is 20.3 Å². The summed E-state index contributed by atoms with van der Waals surface area (Å²) in [5, 5.41) is 4.22. The lowest BCUT2D eigenvalue weighted by molar-refractivity contribution is 0.341. The van der Waals surface area contributed by atoms with Crippen molar-refractivity contribution in [3.05, 3.63) is 60.9 Å². The van der Waals surface area contributed by atoms with Crippen LogP contribution in [0.4, 0.5) is 5.13 Å². The standard InChI is InChI=1S/C23H23N5OS/c1-3-12-25-23-26-15-21(30-23)19-14-18(16-9-5-6-11-20(16)29-4-2)27-22(28-19)17-10-7-8-13-24-17/h5-11,13-15H,3-4,12H2,1-2H3,(H,25,26). The fraction of sp³-hybridized carbons (Fsp3) is 0.217. The monoisotopic (exact) mass is 417 g/mol. The normalized spacial score (nSPS) is 10.7. The molecular weight excluding hydrogens is 394 g/mol. The number of hydrogen-bond donors (Lipinski definition) is 1. The van der Waals surface area contributed by atoms with Crippen molar-refractivity contribution in [2.45, 2.75) is 20.3 Å². The third kappa shape index (κ3) is 4.46. The Morgan fingerprint density at radius 1 is 0.933 bits per heavy atom. The molecule has 7 heteroatoms. The van der Waals surface area contributed by atoms with Gasteiger partial charge in [0.25, 0.3) is 0 Å². The number of thiazole rings is 1. The fourth-order valence-electron chi connectivity index (χ4n) is 2.99. The second kappa shape index (κ2) is 9.45. The Balaban J connectivity index is 1.83. The van der Waals surface area contributed by atoms with Gasteiger partial charge in [-0.3, -0.25) is 4.98 Å². The predicted molar refractivity (Wildman–Crippen MR) is 122 cm³/mol. The van der Waals surface area contributed by atoms with Gasteiger partial charge in [-0.05, 0) is 43.7 Å². The van der Waals surface area contributed by atoms with Crippen molar-refractivity contribution >= 4 is 16.5 Å². The summed E-state index contributed by atoms with van der Waals surface area (Å²) in [6.45, 7) is 5.59. The Hall–Kier alpha value is -3.32. The highest BCUT2D eigenvalue weighted by Crippen LogP contribution is 2.34. The van der Waals surface area contributed by atoms with Crippen molar-refractivity contribution < 1.29 is 4.74 Å². The molecular formula is C23H23N5OS. The molecule has 3 aromatic heterocycles. The summed E-state index contributed by atoms with van der Waals surface area (Å²) in [6, 6.07) is 15.6. The van der Waals surface area contributed by atoms with E-state index in [1.165, 1.54) is 0 Å². The lowest BCUT2D eigenvalue weighted by Gasteiger charge is -2.11. The smallest absolute Gasteiger partial charge is 0.183 e. The van der Waals surface area contributed by atoms with E-state index in [-0.39, 0.29) is 0 Å². The Morgan fingerprint density at radius 2 is 1.77 bits per heavy atom. The van der Waals surface area contributed by atoms with Crippen molar-refractivity contribution in [2.24, 2.45) is 0 Å². The minimum Gasteiger partial charge on any atom is -0.493 e. The van der Waals surface area contributed by atoms with Crippen molar-refractivity contribution in [2.75, 3.05) is 18.5 Å². The first kappa shape index (κ1) is 20.0. The van der Waals surface area contributed by atoms with Crippen LogP contribution in [0.25, 0.3) is 33.3 Å². The molecule has 1 aromatic carbocycles. The predicted octanol–water partition coefficient (Wildman–Crippen LogP) is 5.55. The number of ether oxygens (including phenoxy) is 1. The molecule has 0 radical (unpaired) electrons. The number of anilines is 1. The van der Waals surface area contributed by atoms with E-state index in [0.717, 1.165) is 51.4 Å². The number of hydrogen-bond acceptors (Lipinski definition) is 7. The molecule has 3 heterocycles. The van der Waals surface area contributed by atoms with E-state index < -0.39 is 0 Å². The summed E-state index contributed by atoms with van der Waals surface area (Å²) >= 11 is 1.58. The van der Waals surface area contributed by atoms with E-state index in [1.807, 2.05) is 61.7 Å². The molecule has 0 atom stereocenters. The van der Waals surface area contributed by atoms with E-state index in [1.54, 1.807) is 17.5 Å². The highest BCUT2D eigenvalue weighted by atomic mass is 32.1. The zero-order valence-corrected chi connectivity index (χ0v) is 17.8. The number of pyridine rings is 1. The van der Waals surface area contributed by atoms with Crippen molar-refractivity contribution in [3.63, 3.8) is 0 Å². The number of rotatable bonds is 8. The second-order valence-electron chi connectivity index (χ2n) is 6.56. The maximum absolute atomic E-state index is 5.84. The van der Waals surface area contributed by atoms with Gasteiger partial charge < -0.3 is 10.1 Å². The molecule has 0 unspecified atom stereocenters. The van der Waals surface area contributed by atoms with Crippen LogP contribution in [0.3, 0.4) is 0 Å². The van der Waals surface area contributed by atoms with Crippen LogP contribution in [0.2, 0.25) is 0 Å². The van der Waals surface area contributed by atoms with Gasteiger partial charge in [0, 0.05) is 24.5 Å². The maximum atomic E-state index is 5.84. The van der Waals surface area contributed by atoms with E-state index >= 15 is 0 Å². The first-order chi connectivity index (χ1) is 14.8. The van der Waals surface area contributed by atoms with E-state index in [9.17, 15) is 0 Å². The second-order valence-corrected chi connectivity index (χ2v) is 7.59. The SMILES string of the molecule is CCCNc1ncc(-c2cc(-c3ccccc3OCC)nc(-c3ccccn3)n2)s1. The number of benzene rings is 1. The quantitative estimate of drug-likeness (QED) is 0.405. The lowest BCUT2D eigenvalue weighted by atomic mass is 10.1. The molecule has 0 aliphatic rings. The van der Waals surface area contributed by atoms with Gasteiger partial charge in [0.1, 0.15) is 11.4 Å². The van der Waals surface area contributed by atoms with Gasteiger partial charge in [-0.2, -0.15) is 0 Å². The lowest BCUT2D eigenvalue weighted by Crippen LogP contribution is -1.99. The molecule has 0 amide bonds. The Morgan fingerprint density at radius 3 is 2.57 bits per heavy atom. The van der Waals surface area contributed by atoms with Crippen molar-refractivity contribution in [1.82, 2.24) is 19.9 Å². The van der Waals surface area contributed by atoms with Crippen LogP contribution in [-0.2, 0) is 0 Å². The highest BCUT2D eigenvalue weighted by Gasteiger charge is 2.15. The topological polar surface area (TPSA) is 72.8 Å². The maximum Gasteiger partial charge on any atom is 0.183 e. The zero-order valence-electron chi connectivity index (χ0n) is 17.0. The van der Waals surface area contributed by atoms with Gasteiger partial charge in [0.15, 0.2) is 11.0 Å². The first-order valence-electron chi connectivity index (χ1n) is 10.0. The summed E-state index contributed by atoms with van der Waals surface area (Å²) < 4.78 is 5.84. The molecule has 0 spiro atoms. The number of para-hydroxylation sites is 1. The van der Waals surface area contributed by atoms with Gasteiger partial charge >= 0.3 is 0 Å². The molecule has 0 saturated heterocycles. The summed E-state index contributed by atoms with van der Waals surface area (Å²) in [6.07, 6.45) is 4.65. The molecule has 152 valence electrons. The molecule has 0 aliphatic carbocycles. The molecule has 30 heavy (non-hydrogen) atoms. The fourth-order valence-corrected chi connectivity index (χ4v) is 3.79. The van der Waals surface area contributed by atoms with Crippen LogP contribution in [0.5, 0.6) is 5.75 Å². The largest absolute Gasteiger partial charge is 0.493 e. The molecule has 6 nitrogen and oxygen atoms in total. The average Bonchev–Trinajstić information content (AvgIpc) is 3.28. The number of nitrogens with zero attached hydrogens (tertiary/aromatic N) is 4. The van der Waals surface area contributed by atoms with Gasteiger partial charge in [0.05, 0.1) is 22.9 Å². The number of nitrogens with one attached hydrogen (secondary N) is 1. The van der Waals surface area contributed by atoms with Gasteiger partial charge in [0.2, 0.25) is 0 Å². The third-order valence-electron chi connectivity index (χ3n) is 4.37. The van der Waals surface area contributed by atoms with Crippen molar-refractivity contribution in [1.29, 1.82) is 0 Å². The zero-order chi connectivity index (χ0) is 20.8. The van der Waals surface area contributed by atoms with E-state index in [2.05, 4.69) is 22.2 Å². The number of aromatic nitrogens is 4. The minimum atomic E-state index is 0.575. The summed E-state index contributed by atoms with van der Waals surface area (Å²) in [4.78, 5) is 19.5. The molecule has 0 aliphatic heterocycles. The Bertz CT molecular complexity index is 1110. The van der Waals surface area contributed by atoms with Gasteiger partial charge in [-0.15, -0.1) is 0 Å². The molecule has 0 bridgehead atoms. The van der Waals surface area contributed by atoms with Crippen LogP contribution in [0, 0.1) is 0 Å². The third-order valence-corrected chi connectivity index (χ3v) is 5.34. The minimum absolute atomic E-state index is 0.575.